The summed E-state index contributed by atoms with van der Waals surface area (Å²) < 4.78 is 0. The Hall–Kier alpha value is -4.05. The number of hydrogen-bond acceptors (Lipinski definition) is 4. The highest BCUT2D eigenvalue weighted by atomic mass is 14.9. The molecule has 3 rings (SSSR count). The smallest absolute Gasteiger partial charge is 0.0732 e. The molecule has 0 bridgehead atoms. The van der Waals surface area contributed by atoms with Crippen LogP contribution in [0, 0.1) is 5.41 Å². The third kappa shape index (κ3) is 6.23. The molecular weight excluding hydrogens is 404 g/mol. The van der Waals surface area contributed by atoms with Gasteiger partial charge in [-0.2, -0.15) is 0 Å². The number of hydrogen-bond donors (Lipinski definition) is 2. The molecule has 166 valence electrons. The van der Waals surface area contributed by atoms with Crippen molar-refractivity contribution >= 4 is 23.3 Å². The zero-order chi connectivity index (χ0) is 23.6. The predicted octanol–water partition coefficient (Wildman–Crippen LogP) is 7.14. The Morgan fingerprint density at radius 2 is 1.79 bits per heavy atom. The van der Waals surface area contributed by atoms with Gasteiger partial charge in [0, 0.05) is 29.4 Å². The van der Waals surface area contributed by atoms with Crippen LogP contribution in [0.15, 0.2) is 108 Å². The maximum atomic E-state index is 7.48. The van der Waals surface area contributed by atoms with Crippen LogP contribution >= 0.6 is 0 Å². The normalized spacial score (nSPS) is 12.4. The van der Waals surface area contributed by atoms with Crippen molar-refractivity contribution in [3.05, 3.63) is 114 Å². The molecule has 2 aromatic carbocycles. The second kappa shape index (κ2) is 11.5. The highest BCUT2D eigenvalue weighted by molar-refractivity contribution is 6.04. The Labute approximate surface area is 196 Å². The van der Waals surface area contributed by atoms with Gasteiger partial charge in [0.05, 0.1) is 17.9 Å². The molecule has 0 saturated heterocycles. The average Bonchev–Trinajstić information content (AvgIpc) is 2.86. The van der Waals surface area contributed by atoms with Gasteiger partial charge >= 0.3 is 0 Å². The van der Waals surface area contributed by atoms with E-state index in [-0.39, 0.29) is 0 Å². The maximum absolute atomic E-state index is 7.48. The first-order valence-electron chi connectivity index (χ1n) is 11.0. The largest absolute Gasteiger partial charge is 0.379 e. The highest BCUT2D eigenvalue weighted by Crippen LogP contribution is 2.35. The van der Waals surface area contributed by atoms with Crippen molar-refractivity contribution in [2.24, 2.45) is 4.99 Å². The molecule has 2 N–H and O–H groups in total. The van der Waals surface area contributed by atoms with E-state index in [0.717, 1.165) is 50.6 Å². The summed E-state index contributed by atoms with van der Waals surface area (Å²) in [5.41, 5.74) is 8.44. The third-order valence-corrected chi connectivity index (χ3v) is 5.27. The van der Waals surface area contributed by atoms with Crippen LogP contribution in [0.3, 0.4) is 0 Å². The molecule has 0 spiro atoms. The standard InChI is InChI=1S/C29H30N4/c1-5-24(18-21(2)19-30)22(3)33-28-16-11-15-27(25-12-7-6-8-13-25)29(28)23(4)32-20-26-14-9-10-17-31-26/h5-19,30,32H,4,20H2,1-3H3/b21-18-,24-5+,30-19?,33-22+. The zero-order valence-electron chi connectivity index (χ0n) is 19.5. The second-order valence-electron chi connectivity index (χ2n) is 7.69. The lowest BCUT2D eigenvalue weighted by molar-refractivity contribution is 0.855. The molecule has 0 atom stereocenters. The van der Waals surface area contributed by atoms with Gasteiger partial charge in [0.25, 0.3) is 0 Å². The van der Waals surface area contributed by atoms with Crippen LogP contribution in [0.5, 0.6) is 0 Å². The van der Waals surface area contributed by atoms with Crippen molar-refractivity contribution in [3.63, 3.8) is 0 Å². The quantitative estimate of drug-likeness (QED) is 0.278. The van der Waals surface area contributed by atoms with Crippen LogP contribution in [0.25, 0.3) is 16.8 Å². The van der Waals surface area contributed by atoms with Gasteiger partial charge in [0.2, 0.25) is 0 Å². The van der Waals surface area contributed by atoms with Gasteiger partial charge in [-0.3, -0.25) is 9.98 Å². The Morgan fingerprint density at radius 3 is 2.45 bits per heavy atom. The lowest BCUT2D eigenvalue weighted by Gasteiger charge is -2.17. The predicted molar refractivity (Wildman–Crippen MR) is 141 cm³/mol. The molecule has 3 aromatic rings. The number of nitrogens with zero attached hydrogens (tertiary/aromatic N) is 2. The van der Waals surface area contributed by atoms with Crippen LogP contribution in [0.1, 0.15) is 32.0 Å². The van der Waals surface area contributed by atoms with Crippen molar-refractivity contribution in [3.8, 4) is 11.1 Å². The SMILES string of the molecule is C=C(NCc1ccccn1)c1c(/N=C(C)/C(/C=C(/C)C=N)=C/C)cccc1-c1ccccc1. The molecule has 0 amide bonds. The maximum Gasteiger partial charge on any atom is 0.0732 e. The molecule has 1 aromatic heterocycles. The highest BCUT2D eigenvalue weighted by Gasteiger charge is 2.14. The number of rotatable bonds is 9. The van der Waals surface area contributed by atoms with E-state index in [2.05, 4.69) is 35.1 Å². The number of pyridine rings is 1. The van der Waals surface area contributed by atoms with Gasteiger partial charge in [-0.15, -0.1) is 0 Å². The molecule has 4 nitrogen and oxygen atoms in total. The molecule has 0 aliphatic rings. The van der Waals surface area contributed by atoms with E-state index in [0.29, 0.717) is 6.54 Å². The summed E-state index contributed by atoms with van der Waals surface area (Å²) in [6.45, 7) is 10.8. The monoisotopic (exact) mass is 434 g/mol. The van der Waals surface area contributed by atoms with Crippen LogP contribution in [-0.4, -0.2) is 16.9 Å². The molecule has 0 radical (unpaired) electrons. The van der Waals surface area contributed by atoms with Gasteiger partial charge in [0.1, 0.15) is 0 Å². The number of aliphatic imine (C=N–C) groups is 1. The lowest BCUT2D eigenvalue weighted by Crippen LogP contribution is -2.13. The van der Waals surface area contributed by atoms with Gasteiger partial charge in [-0.1, -0.05) is 61.2 Å². The first-order chi connectivity index (χ1) is 16.0. The van der Waals surface area contributed by atoms with E-state index in [1.807, 2.05) is 81.5 Å². The molecule has 4 heteroatoms. The molecule has 0 unspecified atom stereocenters. The van der Waals surface area contributed by atoms with Gasteiger partial charge < -0.3 is 10.7 Å². The lowest BCUT2D eigenvalue weighted by atomic mass is 9.96. The van der Waals surface area contributed by atoms with Crippen LogP contribution in [0.2, 0.25) is 0 Å². The minimum Gasteiger partial charge on any atom is -0.379 e. The summed E-state index contributed by atoms with van der Waals surface area (Å²) in [7, 11) is 0. The minimum atomic E-state index is 0.576. The molecular formula is C29H30N4. The average molecular weight is 435 g/mol. The summed E-state index contributed by atoms with van der Waals surface area (Å²) in [5.74, 6) is 0. The fourth-order valence-electron chi connectivity index (χ4n) is 3.53. The zero-order valence-corrected chi connectivity index (χ0v) is 19.5. The number of benzene rings is 2. The number of aromatic nitrogens is 1. The van der Waals surface area contributed by atoms with Gasteiger partial charge in [-0.05, 0) is 67.3 Å². The van der Waals surface area contributed by atoms with Crippen molar-refractivity contribution in [2.75, 3.05) is 0 Å². The first-order valence-corrected chi connectivity index (χ1v) is 11.0. The van der Waals surface area contributed by atoms with E-state index >= 15 is 0 Å². The minimum absolute atomic E-state index is 0.576. The molecule has 0 fully saturated rings. The fourth-order valence-corrected chi connectivity index (χ4v) is 3.53. The van der Waals surface area contributed by atoms with Crippen molar-refractivity contribution in [2.45, 2.75) is 27.3 Å². The summed E-state index contributed by atoms with van der Waals surface area (Å²) in [5, 5.41) is 10.9. The first kappa shape index (κ1) is 23.6. The van der Waals surface area contributed by atoms with Gasteiger partial charge in [-0.25, -0.2) is 0 Å². The fraction of sp³-hybridized carbons (Fsp3) is 0.138. The molecule has 0 aliphatic carbocycles. The Bertz CT molecular complexity index is 1200. The van der Waals surface area contributed by atoms with Crippen LogP contribution < -0.4 is 5.32 Å². The summed E-state index contributed by atoms with van der Waals surface area (Å²) >= 11 is 0. The van der Waals surface area contributed by atoms with E-state index in [4.69, 9.17) is 10.4 Å². The van der Waals surface area contributed by atoms with Crippen molar-refractivity contribution < 1.29 is 0 Å². The Morgan fingerprint density at radius 1 is 1.03 bits per heavy atom. The number of allylic oxidation sites excluding steroid dienone is 4. The topological polar surface area (TPSA) is 61.1 Å². The van der Waals surface area contributed by atoms with Crippen molar-refractivity contribution in [1.82, 2.24) is 10.3 Å². The van der Waals surface area contributed by atoms with E-state index in [9.17, 15) is 0 Å². The van der Waals surface area contributed by atoms with Crippen molar-refractivity contribution in [1.29, 1.82) is 5.41 Å². The Balaban J connectivity index is 2.06. The van der Waals surface area contributed by atoms with Crippen LogP contribution in [0.4, 0.5) is 5.69 Å². The third-order valence-electron chi connectivity index (χ3n) is 5.27. The Kier molecular flexibility index (Phi) is 8.25. The van der Waals surface area contributed by atoms with Crippen LogP contribution in [-0.2, 0) is 6.54 Å². The summed E-state index contributed by atoms with van der Waals surface area (Å²) in [6.07, 6.45) is 7.13. The van der Waals surface area contributed by atoms with E-state index in [1.54, 1.807) is 6.20 Å². The van der Waals surface area contributed by atoms with E-state index in [1.165, 1.54) is 6.21 Å². The molecule has 1 heterocycles. The van der Waals surface area contributed by atoms with E-state index < -0.39 is 0 Å². The second-order valence-corrected chi connectivity index (χ2v) is 7.69. The number of nitrogens with one attached hydrogen (secondary N) is 2. The summed E-state index contributed by atoms with van der Waals surface area (Å²) in [6, 6.07) is 22.3. The molecule has 0 aliphatic heterocycles. The van der Waals surface area contributed by atoms with Gasteiger partial charge in [0.15, 0.2) is 0 Å². The molecule has 0 saturated carbocycles. The summed E-state index contributed by atoms with van der Waals surface area (Å²) in [4.78, 5) is 9.39. The molecule has 33 heavy (non-hydrogen) atoms.